The summed E-state index contributed by atoms with van der Waals surface area (Å²) in [6.07, 6.45) is 1.23. The highest BCUT2D eigenvalue weighted by molar-refractivity contribution is 5.70. The van der Waals surface area contributed by atoms with Crippen LogP contribution in [0.4, 0.5) is 4.79 Å². The fourth-order valence-electron chi connectivity index (χ4n) is 2.89. The summed E-state index contributed by atoms with van der Waals surface area (Å²) in [6, 6.07) is 0. The molecule has 0 aromatic carbocycles. The number of ether oxygens (including phenoxy) is 1. The first-order chi connectivity index (χ1) is 9.74. The van der Waals surface area contributed by atoms with Gasteiger partial charge in [-0.05, 0) is 46.7 Å². The van der Waals surface area contributed by atoms with E-state index >= 15 is 0 Å². The second kappa shape index (κ2) is 6.22. The van der Waals surface area contributed by atoms with Gasteiger partial charge in [0.05, 0.1) is 5.92 Å². The average Bonchev–Trinajstić information content (AvgIpc) is 2.31. The topological polar surface area (TPSA) is 70.1 Å². The summed E-state index contributed by atoms with van der Waals surface area (Å²) in [6.45, 7) is 9.74. The van der Waals surface area contributed by atoms with Crippen molar-refractivity contribution >= 4 is 12.1 Å². The van der Waals surface area contributed by atoms with Gasteiger partial charge in [0.25, 0.3) is 0 Å². The molecule has 6 nitrogen and oxygen atoms in total. The lowest BCUT2D eigenvalue weighted by Gasteiger charge is -2.42. The normalized spacial score (nSPS) is 22.0. The first-order valence-corrected chi connectivity index (χ1v) is 7.67. The van der Waals surface area contributed by atoms with Crippen LogP contribution in [0.3, 0.4) is 0 Å². The molecular weight excluding hydrogens is 272 g/mol. The van der Waals surface area contributed by atoms with Crippen molar-refractivity contribution in [3.8, 4) is 0 Å². The van der Waals surface area contributed by atoms with Gasteiger partial charge in [0, 0.05) is 25.6 Å². The second-order valence-corrected chi connectivity index (χ2v) is 7.16. The standard InChI is InChI=1S/C15H26N2O4/c1-15(2,3)21-14(20)17-9-11(10-17)8-16-6-4-12(5-7-16)13(18)19/h11-12H,4-10H2,1-3H3,(H,18,19). The van der Waals surface area contributed by atoms with E-state index in [9.17, 15) is 9.59 Å². The summed E-state index contributed by atoms with van der Waals surface area (Å²) in [4.78, 5) is 26.8. The molecule has 2 rings (SSSR count). The number of carboxylic acids is 1. The third kappa shape index (κ3) is 4.59. The molecule has 0 spiro atoms. The number of piperidine rings is 1. The van der Waals surface area contributed by atoms with E-state index in [2.05, 4.69) is 4.90 Å². The SMILES string of the molecule is CC(C)(C)OC(=O)N1CC(CN2CCC(C(=O)O)CC2)C1. The molecule has 6 heteroatoms. The van der Waals surface area contributed by atoms with Gasteiger partial charge < -0.3 is 19.6 Å². The minimum absolute atomic E-state index is 0.180. The number of carboxylic acid groups (broad SMARTS) is 1. The second-order valence-electron chi connectivity index (χ2n) is 7.16. The van der Waals surface area contributed by atoms with Crippen LogP contribution in [0.25, 0.3) is 0 Å². The predicted molar refractivity (Wildman–Crippen MR) is 78.1 cm³/mol. The number of rotatable bonds is 3. The zero-order chi connectivity index (χ0) is 15.6. The zero-order valence-corrected chi connectivity index (χ0v) is 13.2. The average molecular weight is 298 g/mol. The molecule has 120 valence electrons. The number of carbonyl (C=O) groups is 2. The Morgan fingerprint density at radius 3 is 2.24 bits per heavy atom. The number of hydrogen-bond acceptors (Lipinski definition) is 4. The molecule has 2 aliphatic rings. The van der Waals surface area contributed by atoms with E-state index in [-0.39, 0.29) is 12.0 Å². The fourth-order valence-corrected chi connectivity index (χ4v) is 2.89. The quantitative estimate of drug-likeness (QED) is 0.858. The minimum Gasteiger partial charge on any atom is -0.481 e. The fraction of sp³-hybridized carbons (Fsp3) is 0.867. The molecule has 0 aromatic heterocycles. The number of likely N-dealkylation sites (tertiary alicyclic amines) is 2. The van der Waals surface area contributed by atoms with E-state index in [1.54, 1.807) is 4.90 Å². The van der Waals surface area contributed by atoms with Crippen molar-refractivity contribution in [2.75, 3.05) is 32.7 Å². The van der Waals surface area contributed by atoms with Gasteiger partial charge in [-0.25, -0.2) is 4.79 Å². The van der Waals surface area contributed by atoms with Crippen LogP contribution < -0.4 is 0 Å². The monoisotopic (exact) mass is 298 g/mol. The molecule has 0 unspecified atom stereocenters. The molecule has 0 bridgehead atoms. The maximum absolute atomic E-state index is 11.8. The molecule has 0 saturated carbocycles. The number of aliphatic carboxylic acids is 1. The van der Waals surface area contributed by atoms with Gasteiger partial charge in [0.1, 0.15) is 5.60 Å². The van der Waals surface area contributed by atoms with Crippen LogP contribution in [0.15, 0.2) is 0 Å². The van der Waals surface area contributed by atoms with Crippen molar-refractivity contribution in [2.24, 2.45) is 11.8 Å². The molecule has 2 heterocycles. The molecule has 2 aliphatic heterocycles. The van der Waals surface area contributed by atoms with Crippen molar-refractivity contribution in [1.29, 1.82) is 0 Å². The van der Waals surface area contributed by atoms with Gasteiger partial charge >= 0.3 is 12.1 Å². The van der Waals surface area contributed by atoms with Crippen LogP contribution in [0.5, 0.6) is 0 Å². The summed E-state index contributed by atoms with van der Waals surface area (Å²) in [5, 5.41) is 8.98. The summed E-state index contributed by atoms with van der Waals surface area (Å²) >= 11 is 0. The minimum atomic E-state index is -0.672. The van der Waals surface area contributed by atoms with E-state index in [0.717, 1.165) is 45.6 Å². The molecule has 0 radical (unpaired) electrons. The summed E-state index contributed by atoms with van der Waals surface area (Å²) in [5.74, 6) is -0.366. The van der Waals surface area contributed by atoms with Crippen LogP contribution >= 0.6 is 0 Å². The molecule has 0 aromatic rings. The molecule has 2 fully saturated rings. The van der Waals surface area contributed by atoms with Crippen LogP contribution in [0, 0.1) is 11.8 Å². The van der Waals surface area contributed by atoms with Crippen molar-refractivity contribution in [3.05, 3.63) is 0 Å². The van der Waals surface area contributed by atoms with E-state index in [4.69, 9.17) is 9.84 Å². The number of hydrogen-bond donors (Lipinski definition) is 1. The Kier molecular flexibility index (Phi) is 4.76. The smallest absolute Gasteiger partial charge is 0.410 e. The highest BCUT2D eigenvalue weighted by atomic mass is 16.6. The lowest BCUT2D eigenvalue weighted by molar-refractivity contribution is -0.143. The number of nitrogens with zero attached hydrogens (tertiary/aromatic N) is 2. The first-order valence-electron chi connectivity index (χ1n) is 7.67. The van der Waals surface area contributed by atoms with Gasteiger partial charge in [-0.15, -0.1) is 0 Å². The Hall–Kier alpha value is -1.30. The first kappa shape index (κ1) is 16.1. The van der Waals surface area contributed by atoms with E-state index < -0.39 is 11.6 Å². The molecule has 0 atom stereocenters. The molecule has 21 heavy (non-hydrogen) atoms. The third-order valence-electron chi connectivity index (χ3n) is 4.06. The summed E-state index contributed by atoms with van der Waals surface area (Å²) < 4.78 is 5.33. The molecule has 0 aliphatic carbocycles. The molecular formula is C15H26N2O4. The van der Waals surface area contributed by atoms with Gasteiger partial charge in [-0.2, -0.15) is 0 Å². The zero-order valence-electron chi connectivity index (χ0n) is 13.2. The van der Waals surface area contributed by atoms with Crippen molar-refractivity contribution in [1.82, 2.24) is 9.80 Å². The van der Waals surface area contributed by atoms with Gasteiger partial charge in [0.2, 0.25) is 0 Å². The molecule has 1 N–H and O–H groups in total. The Balaban J connectivity index is 1.65. The Morgan fingerprint density at radius 1 is 1.19 bits per heavy atom. The van der Waals surface area contributed by atoms with E-state index in [1.807, 2.05) is 20.8 Å². The van der Waals surface area contributed by atoms with Crippen LogP contribution in [0.2, 0.25) is 0 Å². The lowest BCUT2D eigenvalue weighted by atomic mass is 9.94. The van der Waals surface area contributed by atoms with Crippen molar-refractivity contribution in [3.63, 3.8) is 0 Å². The molecule has 2 saturated heterocycles. The summed E-state index contributed by atoms with van der Waals surface area (Å²) in [7, 11) is 0. The Bertz CT molecular complexity index is 391. The van der Waals surface area contributed by atoms with Crippen LogP contribution in [-0.2, 0) is 9.53 Å². The predicted octanol–water partition coefficient (Wildman–Crippen LogP) is 1.65. The Morgan fingerprint density at radius 2 is 1.76 bits per heavy atom. The van der Waals surface area contributed by atoms with E-state index in [1.165, 1.54) is 0 Å². The summed E-state index contributed by atoms with van der Waals surface area (Å²) in [5.41, 5.74) is -0.444. The highest BCUT2D eigenvalue weighted by Gasteiger charge is 2.35. The van der Waals surface area contributed by atoms with Crippen LogP contribution in [-0.4, -0.2) is 65.3 Å². The largest absolute Gasteiger partial charge is 0.481 e. The maximum atomic E-state index is 11.8. The van der Waals surface area contributed by atoms with Crippen LogP contribution in [0.1, 0.15) is 33.6 Å². The van der Waals surface area contributed by atoms with Crippen molar-refractivity contribution in [2.45, 2.75) is 39.2 Å². The van der Waals surface area contributed by atoms with Crippen molar-refractivity contribution < 1.29 is 19.4 Å². The van der Waals surface area contributed by atoms with Gasteiger partial charge in [-0.3, -0.25) is 4.79 Å². The molecule has 1 amide bonds. The van der Waals surface area contributed by atoms with Gasteiger partial charge in [0.15, 0.2) is 0 Å². The maximum Gasteiger partial charge on any atom is 0.410 e. The third-order valence-corrected chi connectivity index (χ3v) is 4.06. The Labute approximate surface area is 126 Å². The highest BCUT2D eigenvalue weighted by Crippen LogP contribution is 2.23. The van der Waals surface area contributed by atoms with Gasteiger partial charge in [-0.1, -0.05) is 0 Å². The number of amides is 1. The number of carbonyl (C=O) groups excluding carboxylic acids is 1. The lowest BCUT2D eigenvalue weighted by Crippen LogP contribution is -2.55. The van der Waals surface area contributed by atoms with E-state index in [0.29, 0.717) is 5.92 Å².